The fourth-order valence-electron chi connectivity index (χ4n) is 1.55. The summed E-state index contributed by atoms with van der Waals surface area (Å²) in [6.45, 7) is 0. The third kappa shape index (κ3) is 1.54. The van der Waals surface area contributed by atoms with Gasteiger partial charge in [0.1, 0.15) is 0 Å². The van der Waals surface area contributed by atoms with Crippen LogP contribution in [0.5, 0.6) is 0 Å². The van der Waals surface area contributed by atoms with Gasteiger partial charge in [-0.05, 0) is 30.7 Å². The summed E-state index contributed by atoms with van der Waals surface area (Å²) in [6.07, 6.45) is 8.65. The highest BCUT2D eigenvalue weighted by Crippen LogP contribution is 2.30. The first kappa shape index (κ1) is 7.11. The van der Waals surface area contributed by atoms with Crippen molar-refractivity contribution in [2.45, 2.75) is 25.2 Å². The van der Waals surface area contributed by atoms with Gasteiger partial charge in [0.05, 0.1) is 0 Å². The zero-order valence-corrected chi connectivity index (χ0v) is 7.31. The Balaban J connectivity index is 2.16. The van der Waals surface area contributed by atoms with Crippen LogP contribution in [0.25, 0.3) is 0 Å². The highest BCUT2D eigenvalue weighted by molar-refractivity contribution is 7.10. The average Bonchev–Trinajstić information content (AvgIpc) is 2.58. The molecule has 1 aliphatic carbocycles. The van der Waals surface area contributed by atoms with Gasteiger partial charge in [-0.2, -0.15) is 0 Å². The molecule has 0 spiro atoms. The van der Waals surface area contributed by atoms with Crippen molar-refractivity contribution >= 4 is 11.3 Å². The van der Waals surface area contributed by atoms with Crippen LogP contribution in [0.1, 0.15) is 30.1 Å². The van der Waals surface area contributed by atoms with Crippen LogP contribution in [-0.2, 0) is 0 Å². The van der Waals surface area contributed by atoms with Crippen molar-refractivity contribution in [2.24, 2.45) is 0 Å². The Kier molecular flexibility index (Phi) is 2.08. The normalized spacial score (nSPS) is 23.8. The third-order valence-corrected chi connectivity index (χ3v) is 3.17. The maximum absolute atomic E-state index is 2.36. The molecule has 1 aromatic rings. The third-order valence-electron chi connectivity index (χ3n) is 2.16. The van der Waals surface area contributed by atoms with Gasteiger partial charge in [-0.3, -0.25) is 0 Å². The first-order valence-electron chi connectivity index (χ1n) is 4.17. The Morgan fingerprint density at radius 3 is 3.09 bits per heavy atom. The molecule has 0 unspecified atom stereocenters. The Morgan fingerprint density at radius 2 is 2.45 bits per heavy atom. The molecular weight excluding hydrogens is 152 g/mol. The van der Waals surface area contributed by atoms with E-state index in [4.69, 9.17) is 0 Å². The van der Waals surface area contributed by atoms with Gasteiger partial charge >= 0.3 is 0 Å². The second kappa shape index (κ2) is 3.22. The molecule has 0 aliphatic heterocycles. The van der Waals surface area contributed by atoms with Gasteiger partial charge in [0.15, 0.2) is 0 Å². The molecule has 0 radical (unpaired) electrons. The lowest BCUT2D eigenvalue weighted by molar-refractivity contribution is 0.662. The average molecular weight is 164 g/mol. The van der Waals surface area contributed by atoms with E-state index in [0.717, 1.165) is 5.92 Å². The number of allylic oxidation sites excluding steroid dienone is 2. The van der Waals surface area contributed by atoms with Crippen LogP contribution >= 0.6 is 11.3 Å². The smallest absolute Gasteiger partial charge is 0.0114 e. The first-order chi connectivity index (χ1) is 5.47. The number of thiophene rings is 1. The maximum atomic E-state index is 2.36. The topological polar surface area (TPSA) is 0 Å². The van der Waals surface area contributed by atoms with Crippen molar-refractivity contribution in [2.75, 3.05) is 0 Å². The molecule has 0 aromatic carbocycles. The molecule has 0 amide bonds. The maximum Gasteiger partial charge on any atom is 0.0114 e. The molecule has 2 rings (SSSR count). The van der Waals surface area contributed by atoms with E-state index in [2.05, 4.69) is 29.7 Å². The number of rotatable bonds is 1. The van der Waals surface area contributed by atoms with Crippen molar-refractivity contribution in [1.82, 2.24) is 0 Å². The predicted molar refractivity (Wildman–Crippen MR) is 50.1 cm³/mol. The Bertz CT molecular complexity index is 233. The highest BCUT2D eigenvalue weighted by Gasteiger charge is 2.10. The van der Waals surface area contributed by atoms with E-state index >= 15 is 0 Å². The van der Waals surface area contributed by atoms with Crippen LogP contribution in [0.2, 0.25) is 0 Å². The summed E-state index contributed by atoms with van der Waals surface area (Å²) < 4.78 is 0. The van der Waals surface area contributed by atoms with Crippen LogP contribution < -0.4 is 0 Å². The van der Waals surface area contributed by atoms with Gasteiger partial charge in [-0.25, -0.2) is 0 Å². The van der Waals surface area contributed by atoms with Crippen LogP contribution in [0.4, 0.5) is 0 Å². The summed E-state index contributed by atoms with van der Waals surface area (Å²) in [5, 5.41) is 2.16. The molecule has 0 nitrogen and oxygen atoms in total. The van der Waals surface area contributed by atoms with Gasteiger partial charge in [0, 0.05) is 10.8 Å². The summed E-state index contributed by atoms with van der Waals surface area (Å²) in [6, 6.07) is 4.38. The largest absolute Gasteiger partial charge is 0.148 e. The molecule has 1 aromatic heterocycles. The fourth-order valence-corrected chi connectivity index (χ4v) is 2.39. The fraction of sp³-hybridized carbons (Fsp3) is 0.400. The van der Waals surface area contributed by atoms with Crippen molar-refractivity contribution in [3.63, 3.8) is 0 Å². The molecular formula is C10H12S. The monoisotopic (exact) mass is 164 g/mol. The molecule has 0 saturated carbocycles. The predicted octanol–water partition coefficient (Wildman–Crippen LogP) is 3.57. The van der Waals surface area contributed by atoms with E-state index in [-0.39, 0.29) is 0 Å². The molecule has 0 fully saturated rings. The van der Waals surface area contributed by atoms with Crippen LogP contribution in [0, 0.1) is 0 Å². The Hall–Kier alpha value is -0.560. The minimum Gasteiger partial charge on any atom is -0.148 e. The number of hydrogen-bond acceptors (Lipinski definition) is 1. The molecule has 0 bridgehead atoms. The lowest BCUT2D eigenvalue weighted by Crippen LogP contribution is -1.95. The van der Waals surface area contributed by atoms with E-state index in [0.29, 0.717) is 0 Å². The zero-order chi connectivity index (χ0) is 7.52. The van der Waals surface area contributed by atoms with Crippen molar-refractivity contribution in [1.29, 1.82) is 0 Å². The van der Waals surface area contributed by atoms with Gasteiger partial charge in [0.25, 0.3) is 0 Å². The molecule has 1 heterocycles. The molecule has 0 N–H and O–H groups in total. The number of hydrogen-bond donors (Lipinski definition) is 0. The highest BCUT2D eigenvalue weighted by atomic mass is 32.1. The minimum absolute atomic E-state index is 0.726. The van der Waals surface area contributed by atoms with Gasteiger partial charge in [0.2, 0.25) is 0 Å². The van der Waals surface area contributed by atoms with Crippen molar-refractivity contribution < 1.29 is 0 Å². The van der Waals surface area contributed by atoms with E-state index in [1.165, 1.54) is 24.1 Å². The SMILES string of the molecule is C1=C[C@@H](c2cccs2)CCC1. The van der Waals surface area contributed by atoms with Gasteiger partial charge in [-0.1, -0.05) is 18.2 Å². The first-order valence-corrected chi connectivity index (χ1v) is 5.05. The van der Waals surface area contributed by atoms with Gasteiger partial charge in [-0.15, -0.1) is 11.3 Å². The molecule has 1 aliphatic rings. The summed E-state index contributed by atoms with van der Waals surface area (Å²) >= 11 is 1.88. The van der Waals surface area contributed by atoms with Crippen LogP contribution in [0.15, 0.2) is 29.7 Å². The second-order valence-electron chi connectivity index (χ2n) is 2.98. The molecule has 58 valence electrons. The van der Waals surface area contributed by atoms with E-state index in [9.17, 15) is 0 Å². The second-order valence-corrected chi connectivity index (χ2v) is 3.96. The standard InChI is InChI=1S/C10H12S/c1-2-5-9(6-3-1)10-7-4-8-11-10/h2,4-5,7-9H,1,3,6H2/t9-/m1/s1. The van der Waals surface area contributed by atoms with E-state index in [1.807, 2.05) is 11.3 Å². The van der Waals surface area contributed by atoms with E-state index in [1.54, 1.807) is 0 Å². The Morgan fingerprint density at radius 1 is 1.45 bits per heavy atom. The van der Waals surface area contributed by atoms with Crippen molar-refractivity contribution in [3.05, 3.63) is 34.5 Å². The summed E-state index contributed by atoms with van der Waals surface area (Å²) in [5.74, 6) is 0.726. The quantitative estimate of drug-likeness (QED) is 0.557. The Labute approximate surface area is 71.6 Å². The van der Waals surface area contributed by atoms with Crippen molar-refractivity contribution in [3.8, 4) is 0 Å². The summed E-state index contributed by atoms with van der Waals surface area (Å²) in [4.78, 5) is 1.53. The lowest BCUT2D eigenvalue weighted by Gasteiger charge is -2.13. The molecule has 1 heteroatoms. The van der Waals surface area contributed by atoms with Crippen LogP contribution in [0.3, 0.4) is 0 Å². The zero-order valence-electron chi connectivity index (χ0n) is 6.49. The molecule has 0 saturated heterocycles. The minimum atomic E-state index is 0.726. The lowest BCUT2D eigenvalue weighted by atomic mass is 9.95. The van der Waals surface area contributed by atoms with E-state index < -0.39 is 0 Å². The molecule has 11 heavy (non-hydrogen) atoms. The summed E-state index contributed by atoms with van der Waals surface area (Å²) in [5.41, 5.74) is 0. The van der Waals surface area contributed by atoms with Crippen LogP contribution in [-0.4, -0.2) is 0 Å². The molecule has 1 atom stereocenters. The summed E-state index contributed by atoms with van der Waals surface area (Å²) in [7, 11) is 0. The van der Waals surface area contributed by atoms with Gasteiger partial charge < -0.3 is 0 Å².